The lowest BCUT2D eigenvalue weighted by atomic mass is 10.1. The van der Waals surface area contributed by atoms with Gasteiger partial charge in [-0.3, -0.25) is 14.8 Å². The third-order valence-corrected chi connectivity index (χ3v) is 6.07. The Morgan fingerprint density at radius 1 is 0.717 bits per heavy atom. The lowest BCUT2D eigenvalue weighted by molar-refractivity contribution is -0.154. The highest BCUT2D eigenvalue weighted by molar-refractivity contribution is 6.33. The first kappa shape index (κ1) is 38.5. The van der Waals surface area contributed by atoms with Crippen LogP contribution in [0.4, 0.5) is 26.3 Å². The molecule has 4 aromatic heterocycles. The number of aryl methyl sites for hydroxylation is 1. The topological polar surface area (TPSA) is 130 Å². The Bertz CT molecular complexity index is 1620. The highest BCUT2D eigenvalue weighted by Gasteiger charge is 2.35. The third-order valence-electron chi connectivity index (χ3n) is 5.47. The number of ether oxygens (including phenoxy) is 1. The van der Waals surface area contributed by atoms with E-state index in [1.165, 1.54) is 12.4 Å². The molecule has 0 aliphatic rings. The van der Waals surface area contributed by atoms with Gasteiger partial charge in [-0.2, -0.15) is 26.3 Å². The molecule has 2 N–H and O–H groups in total. The highest BCUT2D eigenvalue weighted by Crippen LogP contribution is 2.31. The van der Waals surface area contributed by atoms with Gasteiger partial charge in [-0.15, -0.1) is 12.4 Å². The quantitative estimate of drug-likeness (QED) is 0.159. The van der Waals surface area contributed by atoms with Crippen molar-refractivity contribution in [3.8, 4) is 22.3 Å². The van der Waals surface area contributed by atoms with Crippen molar-refractivity contribution in [3.63, 3.8) is 0 Å². The van der Waals surface area contributed by atoms with E-state index in [1.807, 2.05) is 0 Å². The van der Waals surface area contributed by atoms with Gasteiger partial charge in [0.25, 0.3) is 0 Å². The van der Waals surface area contributed by atoms with Gasteiger partial charge in [0, 0.05) is 78.1 Å². The summed E-state index contributed by atoms with van der Waals surface area (Å²) in [5.74, 6) is -2.79. The molecule has 4 heterocycles. The SMILES string of the molecule is CC(C)(C)OC(=O)CCc1cc(-c2cnc(C(F)(F)F)nc2)c(Cl)cn1.Cl.NCc1cc(-c2cnc(C(F)(F)F)nc2)c(Cl)cn1. The molecule has 4 rings (SSSR count). The molecule has 4 aromatic rings. The molecule has 46 heavy (non-hydrogen) atoms. The molecule has 248 valence electrons. The second kappa shape index (κ2) is 15.8. The van der Waals surface area contributed by atoms with Crippen LogP contribution in [0.25, 0.3) is 22.3 Å². The maximum atomic E-state index is 12.6. The second-order valence-corrected chi connectivity index (χ2v) is 11.0. The van der Waals surface area contributed by atoms with Gasteiger partial charge in [0.15, 0.2) is 0 Å². The van der Waals surface area contributed by atoms with E-state index in [9.17, 15) is 31.1 Å². The Morgan fingerprint density at radius 2 is 1.11 bits per heavy atom. The van der Waals surface area contributed by atoms with Crippen LogP contribution in [0.5, 0.6) is 0 Å². The molecule has 0 amide bonds. The van der Waals surface area contributed by atoms with Gasteiger partial charge in [0.05, 0.1) is 22.2 Å². The van der Waals surface area contributed by atoms with Gasteiger partial charge >= 0.3 is 18.3 Å². The molecule has 0 unspecified atom stereocenters. The molecule has 0 radical (unpaired) electrons. The van der Waals surface area contributed by atoms with Gasteiger partial charge in [-0.1, -0.05) is 23.2 Å². The van der Waals surface area contributed by atoms with Crippen LogP contribution >= 0.6 is 35.6 Å². The van der Waals surface area contributed by atoms with Crippen LogP contribution in [0.15, 0.2) is 49.3 Å². The van der Waals surface area contributed by atoms with Crippen molar-refractivity contribution in [2.75, 3.05) is 0 Å². The minimum absolute atomic E-state index is 0. The first-order valence-electron chi connectivity index (χ1n) is 12.9. The average molecular weight is 713 g/mol. The van der Waals surface area contributed by atoms with Gasteiger partial charge in [-0.05, 0) is 32.9 Å². The first-order chi connectivity index (χ1) is 20.9. The number of carbonyl (C=O) groups is 1. The van der Waals surface area contributed by atoms with Crippen LogP contribution < -0.4 is 5.73 Å². The zero-order chi connectivity index (χ0) is 33.6. The number of nitrogens with zero attached hydrogens (tertiary/aromatic N) is 6. The van der Waals surface area contributed by atoms with Crippen molar-refractivity contribution in [1.29, 1.82) is 0 Å². The van der Waals surface area contributed by atoms with Crippen molar-refractivity contribution in [2.24, 2.45) is 5.73 Å². The van der Waals surface area contributed by atoms with Crippen LogP contribution in [0.1, 0.15) is 50.2 Å². The van der Waals surface area contributed by atoms with Crippen molar-refractivity contribution < 1.29 is 35.9 Å². The standard InChI is InChI=1S/C17H17ClF3N3O2.C11H8ClF3N4.ClH/c1-16(2,3)26-14(25)5-4-11-6-12(13(18)9-22-11)10-7-23-15(24-8-10)17(19,20)21;12-9-5-17-7(2-16)1-8(9)6-3-18-10(19-4-6)11(13,14)15;/h6-9H,4-5H2,1-3H3;1,3-5H,2,16H2;1H. The van der Waals surface area contributed by atoms with E-state index < -0.39 is 29.6 Å². The van der Waals surface area contributed by atoms with Crippen LogP contribution in [-0.4, -0.2) is 41.5 Å². The Labute approximate surface area is 275 Å². The first-order valence-corrected chi connectivity index (χ1v) is 13.6. The molecule has 0 aliphatic heterocycles. The van der Waals surface area contributed by atoms with Gasteiger partial charge < -0.3 is 10.5 Å². The van der Waals surface area contributed by atoms with E-state index in [4.69, 9.17) is 33.7 Å². The lowest BCUT2D eigenvalue weighted by Gasteiger charge is -2.19. The predicted octanol–water partition coefficient (Wildman–Crippen LogP) is 7.58. The number of halogens is 9. The maximum Gasteiger partial charge on any atom is 0.451 e. The van der Waals surface area contributed by atoms with Crippen LogP contribution in [0.3, 0.4) is 0 Å². The fraction of sp³-hybridized carbons (Fsp3) is 0.321. The normalized spacial score (nSPS) is 11.7. The van der Waals surface area contributed by atoms with E-state index in [1.54, 1.807) is 32.9 Å². The van der Waals surface area contributed by atoms with Gasteiger partial charge in [-0.25, -0.2) is 19.9 Å². The number of alkyl halides is 6. The summed E-state index contributed by atoms with van der Waals surface area (Å²) in [5, 5.41) is 0.537. The molecule has 0 bridgehead atoms. The van der Waals surface area contributed by atoms with Crippen molar-refractivity contribution in [2.45, 2.75) is 58.1 Å². The van der Waals surface area contributed by atoms with E-state index in [0.717, 1.165) is 24.8 Å². The number of pyridine rings is 2. The van der Waals surface area contributed by atoms with E-state index >= 15 is 0 Å². The fourth-order valence-electron chi connectivity index (χ4n) is 3.50. The predicted molar refractivity (Wildman–Crippen MR) is 160 cm³/mol. The summed E-state index contributed by atoms with van der Waals surface area (Å²) in [7, 11) is 0. The molecule has 0 saturated heterocycles. The Morgan fingerprint density at radius 3 is 1.48 bits per heavy atom. The largest absolute Gasteiger partial charge is 0.460 e. The minimum atomic E-state index is -4.61. The molecular formula is C28H26Cl3F6N7O2. The summed E-state index contributed by atoms with van der Waals surface area (Å²) in [6.45, 7) is 5.52. The monoisotopic (exact) mass is 711 g/mol. The van der Waals surface area contributed by atoms with Crippen molar-refractivity contribution >= 4 is 41.6 Å². The van der Waals surface area contributed by atoms with Crippen molar-refractivity contribution in [3.05, 3.63) is 82.4 Å². The number of aromatic nitrogens is 6. The van der Waals surface area contributed by atoms with E-state index in [-0.39, 0.29) is 36.4 Å². The van der Waals surface area contributed by atoms with Crippen LogP contribution in [-0.2, 0) is 34.8 Å². The summed E-state index contributed by atoms with van der Waals surface area (Å²) in [6, 6.07) is 3.19. The molecule has 0 spiro atoms. The van der Waals surface area contributed by atoms with Gasteiger partial charge in [0.2, 0.25) is 11.6 Å². The Hall–Kier alpha value is -3.66. The lowest BCUT2D eigenvalue weighted by Crippen LogP contribution is -2.24. The Kier molecular flexibility index (Phi) is 13.2. The van der Waals surface area contributed by atoms with E-state index in [2.05, 4.69) is 29.9 Å². The summed E-state index contributed by atoms with van der Waals surface area (Å²) >= 11 is 12.0. The number of esters is 1. The number of rotatable bonds is 6. The molecular weight excluding hydrogens is 687 g/mol. The zero-order valence-electron chi connectivity index (χ0n) is 24.2. The molecule has 0 saturated carbocycles. The highest BCUT2D eigenvalue weighted by atomic mass is 35.5. The molecule has 18 heteroatoms. The Balaban J connectivity index is 0.000000328. The molecule has 0 fully saturated rings. The molecule has 0 aromatic carbocycles. The zero-order valence-corrected chi connectivity index (χ0v) is 26.6. The van der Waals surface area contributed by atoms with Crippen molar-refractivity contribution in [1.82, 2.24) is 29.9 Å². The number of carbonyl (C=O) groups excluding carboxylic acids is 1. The molecule has 0 atom stereocenters. The number of hydrogen-bond acceptors (Lipinski definition) is 9. The molecule has 9 nitrogen and oxygen atoms in total. The summed E-state index contributed by atoms with van der Waals surface area (Å²) in [4.78, 5) is 33.1. The maximum absolute atomic E-state index is 12.6. The summed E-state index contributed by atoms with van der Waals surface area (Å²) in [6.07, 6.45) is -1.76. The number of nitrogens with two attached hydrogens (primary N) is 1. The van der Waals surface area contributed by atoms with Crippen LogP contribution in [0.2, 0.25) is 10.0 Å². The summed E-state index contributed by atoms with van der Waals surface area (Å²) < 4.78 is 79.9. The smallest absolute Gasteiger partial charge is 0.451 e. The minimum Gasteiger partial charge on any atom is -0.460 e. The fourth-order valence-corrected chi connectivity index (χ4v) is 3.93. The molecule has 0 aliphatic carbocycles. The van der Waals surface area contributed by atoms with E-state index in [0.29, 0.717) is 45.1 Å². The second-order valence-electron chi connectivity index (χ2n) is 10.2. The third kappa shape index (κ3) is 11.3. The summed E-state index contributed by atoms with van der Waals surface area (Å²) in [5.41, 5.74) is 7.61. The average Bonchev–Trinajstić information content (AvgIpc) is 2.96. The van der Waals surface area contributed by atoms with Gasteiger partial charge in [0.1, 0.15) is 5.60 Å². The number of hydrogen-bond donors (Lipinski definition) is 1. The van der Waals surface area contributed by atoms with Crippen LogP contribution in [0, 0.1) is 0 Å².